The lowest BCUT2D eigenvalue weighted by molar-refractivity contribution is -0.206. The van der Waals surface area contributed by atoms with Crippen LogP contribution in [0.15, 0.2) is 11.6 Å². The van der Waals surface area contributed by atoms with Crippen LogP contribution in [0.2, 0.25) is 0 Å². The summed E-state index contributed by atoms with van der Waals surface area (Å²) in [6, 6.07) is 0. The predicted molar refractivity (Wildman–Crippen MR) is 70.1 cm³/mol. The molecule has 3 nitrogen and oxygen atoms in total. The van der Waals surface area contributed by atoms with Crippen molar-refractivity contribution in [3.05, 3.63) is 11.6 Å². The van der Waals surface area contributed by atoms with Crippen LogP contribution in [0, 0.1) is 11.3 Å². The van der Waals surface area contributed by atoms with E-state index in [1.54, 1.807) is 0 Å². The second-order valence-corrected chi connectivity index (χ2v) is 6.41. The van der Waals surface area contributed by atoms with E-state index in [1.807, 2.05) is 6.92 Å². The fraction of sp³-hybridized carbons (Fsp3) is 0.800. The van der Waals surface area contributed by atoms with Gasteiger partial charge in [0.25, 0.3) is 0 Å². The van der Waals surface area contributed by atoms with E-state index in [9.17, 15) is 15.0 Å². The first-order chi connectivity index (χ1) is 8.31. The van der Waals surface area contributed by atoms with Crippen LogP contribution >= 0.6 is 0 Å². The first-order valence-corrected chi connectivity index (χ1v) is 6.93. The molecule has 102 valence electrons. The molecule has 0 aromatic heterocycles. The SMILES string of the molecule is CC(=O)/C=C1\CC[C@]2(C)CCC[C@H](C)[C@]2(O)[C@@H]1O. The molecule has 4 atom stereocenters. The number of ketones is 1. The van der Waals surface area contributed by atoms with E-state index in [4.69, 9.17) is 0 Å². The van der Waals surface area contributed by atoms with Gasteiger partial charge in [-0.2, -0.15) is 0 Å². The fourth-order valence-corrected chi connectivity index (χ4v) is 3.99. The molecular weight excluding hydrogens is 228 g/mol. The molecule has 0 amide bonds. The zero-order valence-corrected chi connectivity index (χ0v) is 11.6. The summed E-state index contributed by atoms with van der Waals surface area (Å²) in [6.07, 6.45) is 5.18. The summed E-state index contributed by atoms with van der Waals surface area (Å²) in [5.41, 5.74) is -0.598. The lowest BCUT2D eigenvalue weighted by Gasteiger charge is -2.58. The smallest absolute Gasteiger partial charge is 0.152 e. The minimum absolute atomic E-state index is 0.0558. The molecule has 0 bridgehead atoms. The van der Waals surface area contributed by atoms with E-state index in [2.05, 4.69) is 6.92 Å². The second kappa shape index (κ2) is 4.46. The van der Waals surface area contributed by atoms with Crippen molar-refractivity contribution in [1.82, 2.24) is 0 Å². The minimum Gasteiger partial charge on any atom is -0.386 e. The fourth-order valence-electron chi connectivity index (χ4n) is 3.99. The number of aliphatic hydroxyl groups excluding tert-OH is 1. The molecule has 0 aromatic rings. The number of aliphatic hydroxyl groups is 2. The van der Waals surface area contributed by atoms with E-state index in [0.29, 0.717) is 12.0 Å². The maximum absolute atomic E-state index is 11.2. The number of fused-ring (bicyclic) bond motifs is 1. The van der Waals surface area contributed by atoms with Crippen molar-refractivity contribution in [2.75, 3.05) is 0 Å². The average molecular weight is 252 g/mol. The van der Waals surface area contributed by atoms with Crippen LogP contribution in [-0.2, 0) is 4.79 Å². The van der Waals surface area contributed by atoms with Crippen molar-refractivity contribution in [2.45, 2.75) is 64.6 Å². The molecule has 2 aliphatic carbocycles. The molecule has 0 aliphatic heterocycles. The van der Waals surface area contributed by atoms with Crippen LogP contribution in [0.1, 0.15) is 52.9 Å². The lowest BCUT2D eigenvalue weighted by Crippen LogP contribution is -2.63. The molecule has 3 heteroatoms. The third-order valence-electron chi connectivity index (χ3n) is 5.21. The van der Waals surface area contributed by atoms with Gasteiger partial charge in [0, 0.05) is 0 Å². The molecule has 0 saturated heterocycles. The molecule has 0 heterocycles. The Kier molecular flexibility index (Phi) is 3.41. The van der Waals surface area contributed by atoms with Gasteiger partial charge in [0.1, 0.15) is 11.7 Å². The maximum atomic E-state index is 11.2. The number of rotatable bonds is 1. The zero-order valence-electron chi connectivity index (χ0n) is 11.6. The van der Waals surface area contributed by atoms with Crippen molar-refractivity contribution in [1.29, 1.82) is 0 Å². The van der Waals surface area contributed by atoms with Crippen molar-refractivity contribution < 1.29 is 15.0 Å². The van der Waals surface area contributed by atoms with Gasteiger partial charge >= 0.3 is 0 Å². The Morgan fingerprint density at radius 2 is 2.11 bits per heavy atom. The second-order valence-electron chi connectivity index (χ2n) is 6.41. The van der Waals surface area contributed by atoms with E-state index in [0.717, 1.165) is 25.7 Å². The van der Waals surface area contributed by atoms with E-state index in [-0.39, 0.29) is 17.1 Å². The van der Waals surface area contributed by atoms with Crippen LogP contribution in [0.4, 0.5) is 0 Å². The largest absolute Gasteiger partial charge is 0.386 e. The van der Waals surface area contributed by atoms with Crippen molar-refractivity contribution in [3.8, 4) is 0 Å². The summed E-state index contributed by atoms with van der Waals surface area (Å²) >= 11 is 0. The molecule has 2 saturated carbocycles. The summed E-state index contributed by atoms with van der Waals surface area (Å²) in [5, 5.41) is 21.6. The highest BCUT2D eigenvalue weighted by Crippen LogP contribution is 2.56. The van der Waals surface area contributed by atoms with Crippen LogP contribution in [-0.4, -0.2) is 27.7 Å². The molecule has 2 fully saturated rings. The molecular formula is C15H24O3. The summed E-state index contributed by atoms with van der Waals surface area (Å²) in [6.45, 7) is 5.58. The standard InChI is InChI=1S/C15H24O3/c1-10-5-4-7-14(3)8-6-12(9-11(2)16)13(17)15(10,14)18/h9-10,13,17-18H,4-8H2,1-3H3/b12-9+/t10-,13+,14-,15-/m0/s1. The van der Waals surface area contributed by atoms with Gasteiger partial charge in [0.2, 0.25) is 0 Å². The molecule has 2 aliphatic rings. The predicted octanol–water partition coefficient (Wildman–Crippen LogP) is 2.21. The molecule has 18 heavy (non-hydrogen) atoms. The third kappa shape index (κ3) is 1.84. The van der Waals surface area contributed by atoms with E-state index >= 15 is 0 Å². The monoisotopic (exact) mass is 252 g/mol. The average Bonchev–Trinajstić information content (AvgIpc) is 2.28. The van der Waals surface area contributed by atoms with Gasteiger partial charge in [-0.15, -0.1) is 0 Å². The summed E-state index contributed by atoms with van der Waals surface area (Å²) in [7, 11) is 0. The van der Waals surface area contributed by atoms with Gasteiger partial charge in [0.05, 0.1) is 0 Å². The van der Waals surface area contributed by atoms with Gasteiger partial charge in [-0.05, 0) is 55.6 Å². The number of hydrogen-bond acceptors (Lipinski definition) is 3. The lowest BCUT2D eigenvalue weighted by atomic mass is 9.52. The van der Waals surface area contributed by atoms with Crippen LogP contribution in [0.3, 0.4) is 0 Å². The molecule has 0 spiro atoms. The van der Waals surface area contributed by atoms with Gasteiger partial charge < -0.3 is 10.2 Å². The molecule has 0 aromatic carbocycles. The molecule has 2 rings (SSSR count). The van der Waals surface area contributed by atoms with Crippen molar-refractivity contribution in [3.63, 3.8) is 0 Å². The first kappa shape index (κ1) is 13.8. The Morgan fingerprint density at radius 3 is 2.72 bits per heavy atom. The Labute approximate surface area is 109 Å². The normalized spacial score (nSPS) is 46.8. The van der Waals surface area contributed by atoms with Crippen molar-refractivity contribution >= 4 is 5.78 Å². The zero-order chi connectivity index (χ0) is 13.6. The van der Waals surface area contributed by atoms with Crippen LogP contribution in [0.5, 0.6) is 0 Å². The molecule has 0 radical (unpaired) electrons. The highest BCUT2D eigenvalue weighted by molar-refractivity contribution is 5.88. The molecule has 0 unspecified atom stereocenters. The summed E-state index contributed by atoms with van der Waals surface area (Å²) < 4.78 is 0. The quantitative estimate of drug-likeness (QED) is 0.703. The van der Waals surface area contributed by atoms with E-state index in [1.165, 1.54) is 13.0 Å². The van der Waals surface area contributed by atoms with Gasteiger partial charge in [0.15, 0.2) is 5.78 Å². The van der Waals surface area contributed by atoms with Gasteiger partial charge in [-0.25, -0.2) is 0 Å². The van der Waals surface area contributed by atoms with Crippen LogP contribution in [0.25, 0.3) is 0 Å². The molecule has 2 N–H and O–H groups in total. The topological polar surface area (TPSA) is 57.5 Å². The number of allylic oxidation sites excluding steroid dienone is 1. The van der Waals surface area contributed by atoms with Gasteiger partial charge in [-0.3, -0.25) is 4.79 Å². The van der Waals surface area contributed by atoms with E-state index < -0.39 is 11.7 Å². The Morgan fingerprint density at radius 1 is 1.44 bits per heavy atom. The van der Waals surface area contributed by atoms with Gasteiger partial charge in [-0.1, -0.05) is 20.3 Å². The maximum Gasteiger partial charge on any atom is 0.152 e. The summed E-state index contributed by atoms with van der Waals surface area (Å²) in [5.74, 6) is 0.0154. The Hall–Kier alpha value is -0.670. The Bertz CT molecular complexity index is 387. The number of carbonyl (C=O) groups excluding carboxylic acids is 1. The number of carbonyl (C=O) groups is 1. The first-order valence-electron chi connectivity index (χ1n) is 6.93. The van der Waals surface area contributed by atoms with Crippen LogP contribution < -0.4 is 0 Å². The third-order valence-corrected chi connectivity index (χ3v) is 5.21. The number of hydrogen-bond donors (Lipinski definition) is 2. The minimum atomic E-state index is -1.08. The van der Waals surface area contributed by atoms with Crippen molar-refractivity contribution in [2.24, 2.45) is 11.3 Å². The highest BCUT2D eigenvalue weighted by Gasteiger charge is 2.59. The Balaban J connectivity index is 2.40. The highest BCUT2D eigenvalue weighted by atomic mass is 16.3. The summed E-state index contributed by atoms with van der Waals surface area (Å²) in [4.78, 5) is 11.2.